The molecule has 0 saturated carbocycles. The number of benzene rings is 2. The third-order valence-electron chi connectivity index (χ3n) is 4.89. The molecule has 1 heterocycles. The van der Waals surface area contributed by atoms with Crippen LogP contribution in [0.25, 0.3) is 11.4 Å². The minimum absolute atomic E-state index is 0.0310. The molecular weight excluding hydrogens is 501 g/mol. The van der Waals surface area contributed by atoms with E-state index in [9.17, 15) is 36.0 Å². The lowest BCUT2D eigenvalue weighted by Gasteiger charge is -2.20. The van der Waals surface area contributed by atoms with Gasteiger partial charge in [0.1, 0.15) is 24.1 Å². The van der Waals surface area contributed by atoms with E-state index in [1.54, 1.807) is 48.5 Å². The molecular formula is C23H21F3N4O5S. The monoisotopic (exact) mass is 522 g/mol. The van der Waals surface area contributed by atoms with Gasteiger partial charge in [-0.15, -0.1) is 0 Å². The normalized spacial score (nSPS) is 12.6. The van der Waals surface area contributed by atoms with Crippen LogP contribution in [0.3, 0.4) is 0 Å². The van der Waals surface area contributed by atoms with Gasteiger partial charge in [-0.3, -0.25) is 23.7 Å². The Hall–Kier alpha value is -4.00. The van der Waals surface area contributed by atoms with Crippen LogP contribution in [0.15, 0.2) is 71.7 Å². The maximum Gasteiger partial charge on any atom is 0.452 e. The molecule has 2 N–H and O–H groups in total. The molecule has 0 saturated heterocycles. The minimum Gasteiger partial charge on any atom is -0.344 e. The van der Waals surface area contributed by atoms with Crippen LogP contribution in [0.2, 0.25) is 0 Å². The molecule has 3 aromatic rings. The fourth-order valence-corrected chi connectivity index (χ4v) is 3.91. The summed E-state index contributed by atoms with van der Waals surface area (Å²) in [5.74, 6) is -3.26. The summed E-state index contributed by atoms with van der Waals surface area (Å²) in [6, 6.07) is 14.0. The topological polar surface area (TPSA) is 127 Å². The number of carbonyl (C=O) groups excluding carboxylic acids is 2. The first-order valence-corrected chi connectivity index (χ1v) is 12.3. The number of nitrogens with zero attached hydrogens (tertiary/aromatic N) is 2. The van der Waals surface area contributed by atoms with E-state index < -0.39 is 58.1 Å². The first-order chi connectivity index (χ1) is 16.8. The van der Waals surface area contributed by atoms with Gasteiger partial charge in [-0.2, -0.15) is 13.2 Å². The van der Waals surface area contributed by atoms with Gasteiger partial charge in [0.25, 0.3) is 11.3 Å². The second kappa shape index (κ2) is 10.7. The lowest BCUT2D eigenvalue weighted by Crippen LogP contribution is -2.49. The van der Waals surface area contributed by atoms with Gasteiger partial charge in [0, 0.05) is 12.0 Å². The van der Waals surface area contributed by atoms with E-state index in [0.29, 0.717) is 11.1 Å². The van der Waals surface area contributed by atoms with Crippen molar-refractivity contribution < 1.29 is 31.2 Å². The van der Waals surface area contributed by atoms with Crippen LogP contribution in [0.1, 0.15) is 5.56 Å². The van der Waals surface area contributed by atoms with Crippen LogP contribution in [0.5, 0.6) is 0 Å². The van der Waals surface area contributed by atoms with E-state index in [4.69, 9.17) is 0 Å². The number of aromatic nitrogens is 2. The van der Waals surface area contributed by atoms with Crippen LogP contribution in [-0.4, -0.2) is 48.1 Å². The van der Waals surface area contributed by atoms with Crippen LogP contribution in [0.4, 0.5) is 18.9 Å². The Morgan fingerprint density at radius 3 is 2.17 bits per heavy atom. The predicted octanol–water partition coefficient (Wildman–Crippen LogP) is 2.14. The number of alkyl halides is 3. The van der Waals surface area contributed by atoms with Crippen LogP contribution in [0, 0.1) is 0 Å². The molecule has 1 unspecified atom stereocenters. The number of ketones is 1. The summed E-state index contributed by atoms with van der Waals surface area (Å²) in [5.41, 5.74) is -0.646. The average molecular weight is 523 g/mol. The molecule has 3 rings (SSSR count). The molecule has 0 spiro atoms. The van der Waals surface area contributed by atoms with Gasteiger partial charge in [-0.25, -0.2) is 13.4 Å². The quantitative estimate of drug-likeness (QED) is 0.443. The Balaban J connectivity index is 1.97. The number of nitrogens with one attached hydrogen (secondary N) is 2. The zero-order valence-corrected chi connectivity index (χ0v) is 19.6. The van der Waals surface area contributed by atoms with E-state index in [0.717, 1.165) is 17.0 Å². The van der Waals surface area contributed by atoms with Gasteiger partial charge in [0.15, 0.2) is 0 Å². The van der Waals surface area contributed by atoms with E-state index in [1.807, 2.05) is 4.72 Å². The lowest BCUT2D eigenvalue weighted by atomic mass is 10.0. The van der Waals surface area contributed by atoms with Gasteiger partial charge in [0.2, 0.25) is 15.9 Å². The fraction of sp³-hybridized carbons (Fsp3) is 0.217. The van der Waals surface area contributed by atoms with Crippen molar-refractivity contribution in [3.8, 4) is 11.4 Å². The highest BCUT2D eigenvalue weighted by Crippen LogP contribution is 2.20. The first-order valence-electron chi connectivity index (χ1n) is 10.4. The number of hydrogen-bond donors (Lipinski definition) is 2. The summed E-state index contributed by atoms with van der Waals surface area (Å²) < 4.78 is 65.7. The number of amides is 1. The van der Waals surface area contributed by atoms with Crippen molar-refractivity contribution in [1.29, 1.82) is 0 Å². The standard InChI is InChI=1S/C23H21F3N4O5S/c1-36(34,35)29-18-13-27-21(16-10-6-3-7-11-16)30(22(18)33)14-19(31)28-17(20(32)23(24,25)26)12-15-8-4-2-5-9-15/h2-11,13,17,29H,12,14H2,1H3,(H,28,31). The van der Waals surface area contributed by atoms with Crippen LogP contribution in [-0.2, 0) is 32.6 Å². The summed E-state index contributed by atoms with van der Waals surface area (Å²) >= 11 is 0. The molecule has 0 aliphatic heterocycles. The van der Waals surface area contributed by atoms with Gasteiger partial charge in [0.05, 0.1) is 12.5 Å². The van der Waals surface area contributed by atoms with Gasteiger partial charge < -0.3 is 5.32 Å². The number of carbonyl (C=O) groups is 2. The zero-order chi connectivity index (χ0) is 26.5. The van der Waals surface area contributed by atoms with Crippen molar-refractivity contribution in [3.05, 3.63) is 82.8 Å². The van der Waals surface area contributed by atoms with E-state index in [-0.39, 0.29) is 5.82 Å². The van der Waals surface area contributed by atoms with Crippen LogP contribution < -0.4 is 15.6 Å². The second-order valence-corrected chi connectivity index (χ2v) is 9.55. The Morgan fingerprint density at radius 1 is 1.03 bits per heavy atom. The third kappa shape index (κ3) is 7.01. The Labute approximate surface area is 204 Å². The fourth-order valence-electron chi connectivity index (χ4n) is 3.37. The molecule has 1 aromatic heterocycles. The number of halogens is 3. The molecule has 13 heteroatoms. The summed E-state index contributed by atoms with van der Waals surface area (Å²) in [7, 11) is -3.88. The lowest BCUT2D eigenvalue weighted by molar-refractivity contribution is -0.173. The maximum absolute atomic E-state index is 13.2. The Bertz CT molecular complexity index is 1410. The summed E-state index contributed by atoms with van der Waals surface area (Å²) in [6.07, 6.45) is -3.85. The van der Waals surface area contributed by atoms with Crippen molar-refractivity contribution in [2.45, 2.75) is 25.2 Å². The highest BCUT2D eigenvalue weighted by Gasteiger charge is 2.44. The predicted molar refractivity (Wildman–Crippen MR) is 126 cm³/mol. The molecule has 2 aromatic carbocycles. The number of hydrogen-bond acceptors (Lipinski definition) is 6. The molecule has 0 radical (unpaired) electrons. The SMILES string of the molecule is CS(=O)(=O)Nc1cnc(-c2ccccc2)n(CC(=O)NC(Cc2ccccc2)C(=O)C(F)(F)F)c1=O. The van der Waals surface area contributed by atoms with E-state index >= 15 is 0 Å². The summed E-state index contributed by atoms with van der Waals surface area (Å²) in [6.45, 7) is -0.828. The maximum atomic E-state index is 13.2. The van der Waals surface area contributed by atoms with Crippen molar-refractivity contribution in [3.63, 3.8) is 0 Å². The number of anilines is 1. The van der Waals surface area contributed by atoms with Gasteiger partial charge in [-0.05, 0) is 5.56 Å². The van der Waals surface area contributed by atoms with Crippen molar-refractivity contribution >= 4 is 27.4 Å². The molecule has 190 valence electrons. The molecule has 36 heavy (non-hydrogen) atoms. The van der Waals surface area contributed by atoms with Gasteiger partial charge in [-0.1, -0.05) is 60.7 Å². The molecule has 9 nitrogen and oxygen atoms in total. The highest BCUT2D eigenvalue weighted by molar-refractivity contribution is 7.92. The van der Waals surface area contributed by atoms with Crippen molar-refractivity contribution in [2.75, 3.05) is 11.0 Å². The number of Topliss-reactive ketones (excluding diaryl/α,β-unsaturated/α-hetero) is 1. The van der Waals surface area contributed by atoms with Crippen LogP contribution >= 0.6 is 0 Å². The first kappa shape index (κ1) is 26.6. The Kier molecular flexibility index (Phi) is 7.93. The number of rotatable bonds is 9. The van der Waals surface area contributed by atoms with E-state index in [2.05, 4.69) is 10.3 Å². The molecule has 0 aliphatic rings. The van der Waals surface area contributed by atoms with Crippen molar-refractivity contribution in [2.24, 2.45) is 0 Å². The number of sulfonamides is 1. The molecule has 1 amide bonds. The van der Waals surface area contributed by atoms with Gasteiger partial charge >= 0.3 is 6.18 Å². The Morgan fingerprint density at radius 2 is 1.61 bits per heavy atom. The van der Waals surface area contributed by atoms with E-state index in [1.165, 1.54) is 12.1 Å². The summed E-state index contributed by atoms with van der Waals surface area (Å²) in [5, 5.41) is 2.06. The summed E-state index contributed by atoms with van der Waals surface area (Å²) in [4.78, 5) is 41.9. The third-order valence-corrected chi connectivity index (χ3v) is 5.48. The van der Waals surface area contributed by atoms with Crippen molar-refractivity contribution in [1.82, 2.24) is 14.9 Å². The molecule has 0 bridgehead atoms. The molecule has 0 aliphatic carbocycles. The highest BCUT2D eigenvalue weighted by atomic mass is 32.2. The smallest absolute Gasteiger partial charge is 0.344 e. The molecule has 0 fully saturated rings. The zero-order valence-electron chi connectivity index (χ0n) is 18.8. The second-order valence-electron chi connectivity index (χ2n) is 7.80. The largest absolute Gasteiger partial charge is 0.452 e. The average Bonchev–Trinajstić information content (AvgIpc) is 2.80. The minimum atomic E-state index is -5.21. The molecule has 1 atom stereocenters.